The summed E-state index contributed by atoms with van der Waals surface area (Å²) in [5.74, 6) is -0.834. The number of piperidine rings is 1. The first-order valence-corrected chi connectivity index (χ1v) is 9.70. The summed E-state index contributed by atoms with van der Waals surface area (Å²) in [6.45, 7) is 0.574. The van der Waals surface area contributed by atoms with E-state index in [9.17, 15) is 22.8 Å². The predicted octanol–water partition coefficient (Wildman–Crippen LogP) is 3.81. The summed E-state index contributed by atoms with van der Waals surface area (Å²) in [6.07, 6.45) is -3.61. The molecule has 1 aliphatic heterocycles. The molecule has 0 aliphatic carbocycles. The van der Waals surface area contributed by atoms with Crippen molar-refractivity contribution in [2.75, 3.05) is 32.1 Å². The maximum Gasteiger partial charge on any atom is 0.417 e. The molecule has 1 N–H and O–H groups in total. The lowest BCUT2D eigenvalue weighted by atomic mass is 10.0. The zero-order valence-corrected chi connectivity index (χ0v) is 16.9. The van der Waals surface area contributed by atoms with E-state index in [1.165, 1.54) is 23.1 Å². The Morgan fingerprint density at radius 2 is 1.60 bits per heavy atom. The molecule has 1 aliphatic rings. The van der Waals surface area contributed by atoms with Crippen molar-refractivity contribution in [3.8, 4) is 0 Å². The van der Waals surface area contributed by atoms with Gasteiger partial charge in [-0.25, -0.2) is 0 Å². The fourth-order valence-corrected chi connectivity index (χ4v) is 3.49. The average Bonchev–Trinajstić information content (AvgIpc) is 2.73. The number of hydrogen-bond acceptors (Lipinski definition) is 3. The molecule has 0 saturated carbocycles. The molecule has 0 bridgehead atoms. The van der Waals surface area contributed by atoms with Crippen LogP contribution in [0.2, 0.25) is 0 Å². The molecule has 2 amide bonds. The van der Waals surface area contributed by atoms with Crippen LogP contribution in [0.25, 0.3) is 0 Å². The molecule has 1 saturated heterocycles. The number of rotatable bonds is 4. The highest BCUT2D eigenvalue weighted by molar-refractivity contribution is 5.96. The van der Waals surface area contributed by atoms with Crippen LogP contribution in [-0.2, 0) is 6.18 Å². The van der Waals surface area contributed by atoms with Gasteiger partial charge in [-0.2, -0.15) is 13.2 Å². The molecule has 2 aromatic carbocycles. The molecule has 2 aromatic rings. The van der Waals surface area contributed by atoms with Gasteiger partial charge >= 0.3 is 6.18 Å². The zero-order chi connectivity index (χ0) is 21.9. The first-order chi connectivity index (χ1) is 14.2. The molecular weight excluding hydrogens is 395 g/mol. The van der Waals surface area contributed by atoms with Crippen molar-refractivity contribution in [1.82, 2.24) is 10.2 Å². The summed E-state index contributed by atoms with van der Waals surface area (Å²) >= 11 is 0. The maximum atomic E-state index is 13.2. The van der Waals surface area contributed by atoms with E-state index >= 15 is 0 Å². The molecule has 0 unspecified atom stereocenters. The number of amides is 2. The van der Waals surface area contributed by atoms with Gasteiger partial charge in [0.05, 0.1) is 11.1 Å². The monoisotopic (exact) mass is 419 g/mol. The van der Waals surface area contributed by atoms with Crippen molar-refractivity contribution < 1.29 is 22.8 Å². The number of anilines is 1. The Morgan fingerprint density at radius 1 is 1.00 bits per heavy atom. The predicted molar refractivity (Wildman–Crippen MR) is 109 cm³/mol. The van der Waals surface area contributed by atoms with Crippen molar-refractivity contribution in [2.24, 2.45) is 0 Å². The summed E-state index contributed by atoms with van der Waals surface area (Å²) in [5, 5.41) is 2.95. The van der Waals surface area contributed by atoms with Crippen molar-refractivity contribution in [2.45, 2.75) is 25.1 Å². The Bertz CT molecular complexity index is 903. The highest BCUT2D eigenvalue weighted by Gasteiger charge is 2.36. The first kappa shape index (κ1) is 21.7. The van der Waals surface area contributed by atoms with Gasteiger partial charge in [-0.05, 0) is 49.2 Å². The highest BCUT2D eigenvalue weighted by atomic mass is 19.4. The molecule has 160 valence electrons. The Hall–Kier alpha value is -3.03. The van der Waals surface area contributed by atoms with Crippen LogP contribution < -0.4 is 10.2 Å². The van der Waals surface area contributed by atoms with E-state index in [1.807, 2.05) is 31.1 Å². The van der Waals surface area contributed by atoms with Crippen molar-refractivity contribution in [1.29, 1.82) is 0 Å². The lowest BCUT2D eigenvalue weighted by Crippen LogP contribution is -2.46. The molecule has 1 fully saturated rings. The molecule has 5 nitrogen and oxygen atoms in total. The van der Waals surface area contributed by atoms with Gasteiger partial charge in [0.2, 0.25) is 0 Å². The van der Waals surface area contributed by atoms with E-state index in [1.54, 1.807) is 12.1 Å². The van der Waals surface area contributed by atoms with Crippen LogP contribution in [0.5, 0.6) is 0 Å². The first-order valence-electron chi connectivity index (χ1n) is 9.70. The van der Waals surface area contributed by atoms with Gasteiger partial charge in [0.25, 0.3) is 11.8 Å². The summed E-state index contributed by atoms with van der Waals surface area (Å²) < 4.78 is 39.6. The number of benzene rings is 2. The standard InChI is InChI=1S/C22H24F3N3O2/c1-27(2)17-9-7-15(8-10-17)20(29)26-16-11-13-28(14-12-16)21(30)18-5-3-4-6-19(18)22(23,24)25/h3-10,16H,11-14H2,1-2H3,(H,26,29). The third kappa shape index (κ3) is 4.93. The number of nitrogens with zero attached hydrogens (tertiary/aromatic N) is 2. The second-order valence-corrected chi connectivity index (χ2v) is 7.52. The van der Waals surface area contributed by atoms with Crippen LogP contribution in [0.15, 0.2) is 48.5 Å². The van der Waals surface area contributed by atoms with Crippen molar-refractivity contribution in [3.05, 3.63) is 65.2 Å². The molecule has 0 aromatic heterocycles. The molecule has 8 heteroatoms. The summed E-state index contributed by atoms with van der Waals surface area (Å²) in [4.78, 5) is 28.4. The van der Waals surface area contributed by atoms with Crippen LogP contribution in [0.4, 0.5) is 18.9 Å². The third-order valence-corrected chi connectivity index (χ3v) is 5.23. The molecule has 1 heterocycles. The van der Waals surface area contributed by atoms with Gasteiger partial charge in [0.15, 0.2) is 0 Å². The average molecular weight is 419 g/mol. The number of likely N-dealkylation sites (tertiary alicyclic amines) is 1. The van der Waals surface area contributed by atoms with E-state index in [0.29, 0.717) is 18.4 Å². The Morgan fingerprint density at radius 3 is 2.17 bits per heavy atom. The van der Waals surface area contributed by atoms with Crippen LogP contribution in [-0.4, -0.2) is 49.9 Å². The lowest BCUT2D eigenvalue weighted by molar-refractivity contribution is -0.138. The maximum absolute atomic E-state index is 13.2. The van der Waals surface area contributed by atoms with Gasteiger partial charge in [-0.1, -0.05) is 12.1 Å². The topological polar surface area (TPSA) is 52.7 Å². The number of nitrogens with one attached hydrogen (secondary N) is 1. The summed E-state index contributed by atoms with van der Waals surface area (Å²) in [7, 11) is 3.83. The van der Waals surface area contributed by atoms with E-state index < -0.39 is 17.6 Å². The smallest absolute Gasteiger partial charge is 0.378 e. The zero-order valence-electron chi connectivity index (χ0n) is 16.9. The van der Waals surface area contributed by atoms with E-state index in [-0.39, 0.29) is 30.6 Å². The van der Waals surface area contributed by atoms with Crippen LogP contribution in [0.1, 0.15) is 39.1 Å². The van der Waals surface area contributed by atoms with E-state index in [0.717, 1.165) is 11.8 Å². The number of carbonyl (C=O) groups excluding carboxylic acids is 2. The minimum Gasteiger partial charge on any atom is -0.378 e. The van der Waals surface area contributed by atoms with Crippen LogP contribution >= 0.6 is 0 Å². The van der Waals surface area contributed by atoms with Gasteiger partial charge < -0.3 is 15.1 Å². The van der Waals surface area contributed by atoms with Crippen molar-refractivity contribution >= 4 is 17.5 Å². The van der Waals surface area contributed by atoms with Gasteiger partial charge in [0.1, 0.15) is 0 Å². The number of halogens is 3. The van der Waals surface area contributed by atoms with Crippen LogP contribution in [0.3, 0.4) is 0 Å². The second-order valence-electron chi connectivity index (χ2n) is 7.52. The van der Waals surface area contributed by atoms with E-state index in [4.69, 9.17) is 0 Å². The molecular formula is C22H24F3N3O2. The molecule has 3 rings (SSSR count). The van der Waals surface area contributed by atoms with Crippen molar-refractivity contribution in [3.63, 3.8) is 0 Å². The van der Waals surface area contributed by atoms with Gasteiger partial charge in [-0.3, -0.25) is 9.59 Å². The highest BCUT2D eigenvalue weighted by Crippen LogP contribution is 2.32. The molecule has 0 radical (unpaired) electrons. The minimum atomic E-state index is -4.58. The molecule has 0 spiro atoms. The van der Waals surface area contributed by atoms with Crippen LogP contribution in [0, 0.1) is 0 Å². The fourth-order valence-electron chi connectivity index (χ4n) is 3.49. The van der Waals surface area contributed by atoms with Gasteiger partial charge in [0, 0.05) is 44.5 Å². The Kier molecular flexibility index (Phi) is 6.34. The molecule has 0 atom stereocenters. The molecule has 30 heavy (non-hydrogen) atoms. The van der Waals surface area contributed by atoms with Gasteiger partial charge in [-0.15, -0.1) is 0 Å². The minimum absolute atomic E-state index is 0.132. The number of hydrogen-bond donors (Lipinski definition) is 1. The Balaban J connectivity index is 1.59. The quantitative estimate of drug-likeness (QED) is 0.820. The summed E-state index contributed by atoms with van der Waals surface area (Å²) in [6, 6.07) is 11.9. The normalized spacial score (nSPS) is 15.0. The Labute approximate surface area is 173 Å². The SMILES string of the molecule is CN(C)c1ccc(C(=O)NC2CCN(C(=O)c3ccccc3C(F)(F)F)CC2)cc1. The number of carbonyl (C=O) groups is 2. The third-order valence-electron chi connectivity index (χ3n) is 5.23. The largest absolute Gasteiger partial charge is 0.417 e. The number of alkyl halides is 3. The lowest BCUT2D eigenvalue weighted by Gasteiger charge is -2.33. The summed E-state index contributed by atoms with van der Waals surface area (Å²) in [5.41, 5.74) is 0.260. The fraction of sp³-hybridized carbons (Fsp3) is 0.364. The van der Waals surface area contributed by atoms with E-state index in [2.05, 4.69) is 5.32 Å². The second kappa shape index (κ2) is 8.77.